The van der Waals surface area contributed by atoms with Gasteiger partial charge in [0.05, 0.1) is 6.61 Å². The molecule has 1 aliphatic rings. The molecule has 7 N–H and O–H groups in total. The molecule has 0 saturated carbocycles. The Morgan fingerprint density at radius 1 is 1.00 bits per heavy atom. The fourth-order valence-corrected chi connectivity index (χ4v) is 3.11. The molecule has 0 radical (unpaired) electrons. The van der Waals surface area contributed by atoms with E-state index in [1.165, 1.54) is 0 Å². The van der Waals surface area contributed by atoms with Gasteiger partial charge in [-0.05, 0) is 0 Å². The lowest BCUT2D eigenvalue weighted by atomic mass is 10.00. The predicted molar refractivity (Wildman–Crippen MR) is 57.8 cm³/mol. The second kappa shape index (κ2) is 6.44. The van der Waals surface area contributed by atoms with Crippen LogP contribution in [0.25, 0.3) is 0 Å². The summed E-state index contributed by atoms with van der Waals surface area (Å²) in [5.41, 5.74) is 0. The first-order chi connectivity index (χ1) is 8.97. The quantitative estimate of drug-likeness (QED) is 0.250. The lowest BCUT2D eigenvalue weighted by Crippen LogP contribution is -2.58. The Hall–Kier alpha value is 0.0600. The van der Waals surface area contributed by atoms with Gasteiger partial charge in [0.15, 0.2) is 6.29 Å². The average Bonchev–Trinajstić information content (AvgIpc) is 2.26. The first-order valence-electron chi connectivity index (χ1n) is 5.05. The van der Waals surface area contributed by atoms with Crippen molar-refractivity contribution in [3.05, 3.63) is 0 Å². The minimum Gasteiger partial charge on any atom is -0.394 e. The molecule has 0 spiro atoms. The van der Waals surface area contributed by atoms with Gasteiger partial charge in [-0.1, -0.05) is 0 Å². The number of ether oxygens (including phenoxy) is 1. The van der Waals surface area contributed by atoms with Crippen LogP contribution in [-0.4, -0.2) is 72.4 Å². The Morgan fingerprint density at radius 2 is 1.55 bits per heavy atom. The summed E-state index contributed by atoms with van der Waals surface area (Å²) in [5, 5.41) is 37.1. The number of aliphatic hydroxyl groups is 4. The molecule has 0 aromatic carbocycles. The van der Waals surface area contributed by atoms with Crippen molar-refractivity contribution in [1.82, 2.24) is 0 Å². The van der Waals surface area contributed by atoms with E-state index in [0.29, 0.717) is 0 Å². The Bertz CT molecular complexity index is 418. The third-order valence-corrected chi connectivity index (χ3v) is 4.45. The van der Waals surface area contributed by atoms with E-state index in [1.54, 1.807) is 0 Å². The van der Waals surface area contributed by atoms with E-state index in [0.717, 1.165) is 0 Å². The molecule has 1 heterocycles. The second-order valence-corrected chi connectivity index (χ2v) is 6.63. The second-order valence-electron chi connectivity index (χ2n) is 3.84. The first kappa shape index (κ1) is 18.1. The maximum Gasteiger partial charge on any atom is 0.483 e. The van der Waals surface area contributed by atoms with Gasteiger partial charge in [-0.2, -0.15) is 4.31 Å². The fraction of sp³-hybridized carbons (Fsp3) is 1.00. The highest BCUT2D eigenvalue weighted by Crippen LogP contribution is 2.58. The van der Waals surface area contributed by atoms with E-state index in [-0.39, 0.29) is 0 Å². The Kier molecular flexibility index (Phi) is 5.83. The van der Waals surface area contributed by atoms with Crippen molar-refractivity contribution in [2.45, 2.75) is 30.7 Å². The molecule has 1 unspecified atom stereocenters. The van der Waals surface area contributed by atoms with Gasteiger partial charge in [-0.3, -0.25) is 4.52 Å². The van der Waals surface area contributed by atoms with Crippen molar-refractivity contribution in [2.75, 3.05) is 6.61 Å². The molecule has 0 aliphatic carbocycles. The topological polar surface area (TPSA) is 203 Å². The summed E-state index contributed by atoms with van der Waals surface area (Å²) in [5.74, 6) is 0. The number of hydrogen-bond acceptors (Lipinski definition) is 9. The van der Waals surface area contributed by atoms with Crippen LogP contribution in [0.5, 0.6) is 0 Å². The molecule has 1 fully saturated rings. The Labute approximate surface area is 112 Å². The highest BCUT2D eigenvalue weighted by atomic mass is 31.3. The Morgan fingerprint density at radius 3 is 2.00 bits per heavy atom. The summed E-state index contributed by atoms with van der Waals surface area (Å²) < 4.78 is 34.0. The third kappa shape index (κ3) is 4.81. The van der Waals surface area contributed by atoms with Crippen LogP contribution in [0.1, 0.15) is 0 Å². The SMILES string of the molecule is O=P(O)(O)OP(=O)(O)O[C@H]1O[C@H](CO)[C@@H](O)[C@H](O)[C@H]1O. The minimum absolute atomic E-state index is 0.820. The summed E-state index contributed by atoms with van der Waals surface area (Å²) in [6.45, 7) is -0.820. The lowest BCUT2D eigenvalue weighted by Gasteiger charge is -2.39. The van der Waals surface area contributed by atoms with Crippen molar-refractivity contribution in [3.63, 3.8) is 0 Å². The summed E-state index contributed by atoms with van der Waals surface area (Å²) in [6.07, 6.45) is -9.12. The van der Waals surface area contributed by atoms with Gasteiger partial charge in [0, 0.05) is 0 Å². The molecule has 6 atom stereocenters. The van der Waals surface area contributed by atoms with Crippen LogP contribution in [0.4, 0.5) is 0 Å². The van der Waals surface area contributed by atoms with E-state index >= 15 is 0 Å². The molecule has 20 heavy (non-hydrogen) atoms. The summed E-state index contributed by atoms with van der Waals surface area (Å²) >= 11 is 0. The molecule has 14 heteroatoms. The molecule has 1 aliphatic heterocycles. The van der Waals surface area contributed by atoms with Crippen molar-refractivity contribution >= 4 is 15.6 Å². The molecule has 0 amide bonds. The highest BCUT2D eigenvalue weighted by Gasteiger charge is 2.47. The molecule has 0 aromatic heterocycles. The highest BCUT2D eigenvalue weighted by molar-refractivity contribution is 7.60. The van der Waals surface area contributed by atoms with Crippen LogP contribution >= 0.6 is 15.6 Å². The summed E-state index contributed by atoms with van der Waals surface area (Å²) in [7, 11) is -10.7. The molecule has 1 saturated heterocycles. The van der Waals surface area contributed by atoms with Crippen molar-refractivity contribution in [2.24, 2.45) is 0 Å². The zero-order valence-corrected chi connectivity index (χ0v) is 11.4. The smallest absolute Gasteiger partial charge is 0.394 e. The van der Waals surface area contributed by atoms with Gasteiger partial charge < -0.3 is 39.8 Å². The number of phosphoric acid groups is 2. The van der Waals surface area contributed by atoms with Gasteiger partial charge in [-0.15, -0.1) is 0 Å². The van der Waals surface area contributed by atoms with Crippen molar-refractivity contribution in [3.8, 4) is 0 Å². The van der Waals surface area contributed by atoms with E-state index in [4.69, 9.17) is 19.8 Å². The van der Waals surface area contributed by atoms with E-state index < -0.39 is 53.0 Å². The first-order valence-corrected chi connectivity index (χ1v) is 8.08. The molecule has 1 rings (SSSR count). The van der Waals surface area contributed by atoms with Crippen LogP contribution in [0.2, 0.25) is 0 Å². The number of hydrogen-bond donors (Lipinski definition) is 7. The molecular weight excluding hydrogens is 326 g/mol. The van der Waals surface area contributed by atoms with Crippen molar-refractivity contribution < 1.29 is 57.8 Å². The molecule has 0 bridgehead atoms. The fourth-order valence-electron chi connectivity index (χ4n) is 1.44. The van der Waals surface area contributed by atoms with Crippen molar-refractivity contribution in [1.29, 1.82) is 0 Å². The lowest BCUT2D eigenvalue weighted by molar-refractivity contribution is -0.280. The molecule has 120 valence electrons. The standard InChI is InChI=1S/C6H14O12P2/c7-1-2-3(8)4(9)5(10)6(16-2)17-20(14,15)18-19(11,12)13/h2-10H,1H2,(H,14,15)(H2,11,12,13)/t2-,3-,4+,5-,6-/m1/s1. The maximum absolute atomic E-state index is 11.2. The van der Waals surface area contributed by atoms with Gasteiger partial charge in [-0.25, -0.2) is 9.13 Å². The monoisotopic (exact) mass is 340 g/mol. The van der Waals surface area contributed by atoms with Crippen LogP contribution in [-0.2, 0) is 22.7 Å². The van der Waals surface area contributed by atoms with Crippen LogP contribution in [0.3, 0.4) is 0 Å². The van der Waals surface area contributed by atoms with Gasteiger partial charge >= 0.3 is 15.6 Å². The average molecular weight is 340 g/mol. The van der Waals surface area contributed by atoms with Crippen LogP contribution in [0.15, 0.2) is 0 Å². The largest absolute Gasteiger partial charge is 0.483 e. The van der Waals surface area contributed by atoms with E-state index in [2.05, 4.69) is 13.6 Å². The summed E-state index contributed by atoms with van der Waals surface area (Å²) in [6, 6.07) is 0. The predicted octanol–water partition coefficient (Wildman–Crippen LogP) is -2.99. The molecule has 12 nitrogen and oxygen atoms in total. The maximum atomic E-state index is 11.2. The molecular formula is C6H14O12P2. The minimum atomic E-state index is -5.36. The van der Waals surface area contributed by atoms with Crippen LogP contribution < -0.4 is 0 Å². The van der Waals surface area contributed by atoms with E-state index in [9.17, 15) is 24.4 Å². The van der Waals surface area contributed by atoms with Gasteiger partial charge in [0.1, 0.15) is 24.4 Å². The van der Waals surface area contributed by atoms with Crippen LogP contribution in [0, 0.1) is 0 Å². The van der Waals surface area contributed by atoms with E-state index in [1.807, 2.05) is 0 Å². The molecule has 0 aromatic rings. The van der Waals surface area contributed by atoms with Gasteiger partial charge in [0.2, 0.25) is 0 Å². The Balaban J connectivity index is 2.80. The van der Waals surface area contributed by atoms with Gasteiger partial charge in [0.25, 0.3) is 0 Å². The number of rotatable bonds is 5. The zero-order valence-electron chi connectivity index (χ0n) is 9.66. The summed E-state index contributed by atoms with van der Waals surface area (Å²) in [4.78, 5) is 25.8. The number of aliphatic hydroxyl groups excluding tert-OH is 4. The number of phosphoric ester groups is 1. The third-order valence-electron chi connectivity index (χ3n) is 2.30. The zero-order chi connectivity index (χ0) is 15.7. The normalized spacial score (nSPS) is 38.5.